The van der Waals surface area contributed by atoms with Crippen LogP contribution in [0.4, 0.5) is 5.13 Å². The fraction of sp³-hybridized carbons (Fsp3) is 0.818. The molecule has 4 heteroatoms. The molecule has 0 saturated heterocycles. The van der Waals surface area contributed by atoms with Gasteiger partial charge in [-0.15, -0.1) is 0 Å². The molecular formula is C11H19N3S. The molecule has 1 unspecified atom stereocenters. The third-order valence-electron chi connectivity index (χ3n) is 3.16. The van der Waals surface area contributed by atoms with Gasteiger partial charge in [0.05, 0.1) is 0 Å². The molecule has 0 bridgehead atoms. The molecule has 2 rings (SSSR count). The number of nitrogens with zero attached hydrogens (tertiary/aromatic N) is 2. The van der Waals surface area contributed by atoms with Crippen LogP contribution in [0.25, 0.3) is 0 Å². The van der Waals surface area contributed by atoms with Gasteiger partial charge in [0.2, 0.25) is 5.13 Å². The van der Waals surface area contributed by atoms with Crippen molar-refractivity contribution in [3.05, 3.63) is 5.82 Å². The van der Waals surface area contributed by atoms with Crippen LogP contribution in [0.1, 0.15) is 39.4 Å². The smallest absolute Gasteiger partial charge is 0.202 e. The summed E-state index contributed by atoms with van der Waals surface area (Å²) >= 11 is 1.49. The van der Waals surface area contributed by atoms with Gasteiger partial charge in [-0.1, -0.05) is 20.8 Å². The third kappa shape index (κ3) is 2.68. The number of aryl methyl sites for hydroxylation is 1. The van der Waals surface area contributed by atoms with Crippen molar-refractivity contribution in [1.82, 2.24) is 9.36 Å². The van der Waals surface area contributed by atoms with Crippen LogP contribution in [-0.4, -0.2) is 15.9 Å². The van der Waals surface area contributed by atoms with E-state index in [4.69, 9.17) is 0 Å². The van der Waals surface area contributed by atoms with Crippen LogP contribution < -0.4 is 5.32 Å². The summed E-state index contributed by atoms with van der Waals surface area (Å²) in [6.45, 7) is 7.85. The normalized spacial score (nSPS) is 22.7. The maximum absolute atomic E-state index is 4.44. The number of hydrogen-bond donors (Lipinski definition) is 1. The largest absolute Gasteiger partial charge is 0.360 e. The van der Waals surface area contributed by atoms with Crippen molar-refractivity contribution in [3.63, 3.8) is 0 Å². The lowest BCUT2D eigenvalue weighted by atomic mass is 10.1. The predicted octanol–water partition coefficient (Wildman–Crippen LogP) is 2.95. The molecular weight excluding hydrogens is 206 g/mol. The highest BCUT2D eigenvalue weighted by Crippen LogP contribution is 2.51. The van der Waals surface area contributed by atoms with E-state index >= 15 is 0 Å². The zero-order valence-corrected chi connectivity index (χ0v) is 10.5. The van der Waals surface area contributed by atoms with E-state index in [0.29, 0.717) is 5.41 Å². The number of hydrogen-bond acceptors (Lipinski definition) is 4. The predicted molar refractivity (Wildman–Crippen MR) is 64.3 cm³/mol. The van der Waals surface area contributed by atoms with E-state index in [2.05, 4.69) is 35.4 Å². The van der Waals surface area contributed by atoms with Crippen LogP contribution in [0.5, 0.6) is 0 Å². The zero-order valence-electron chi connectivity index (χ0n) is 9.71. The number of anilines is 1. The Bertz CT molecular complexity index is 332. The van der Waals surface area contributed by atoms with Gasteiger partial charge in [-0.3, -0.25) is 0 Å². The minimum absolute atomic E-state index is 0.546. The minimum atomic E-state index is 0.546. The van der Waals surface area contributed by atoms with Gasteiger partial charge >= 0.3 is 0 Å². The lowest BCUT2D eigenvalue weighted by Gasteiger charge is -2.03. The second-order valence-electron chi connectivity index (χ2n) is 5.04. The molecule has 1 saturated carbocycles. The Morgan fingerprint density at radius 2 is 2.27 bits per heavy atom. The Balaban J connectivity index is 1.79. The van der Waals surface area contributed by atoms with Gasteiger partial charge in [-0.05, 0) is 24.2 Å². The Kier molecular flexibility index (Phi) is 2.96. The van der Waals surface area contributed by atoms with Crippen molar-refractivity contribution < 1.29 is 0 Å². The molecule has 15 heavy (non-hydrogen) atoms. The Morgan fingerprint density at radius 3 is 2.87 bits per heavy atom. The average Bonchev–Trinajstić information content (AvgIpc) is 2.62. The monoisotopic (exact) mass is 225 g/mol. The fourth-order valence-corrected chi connectivity index (χ4v) is 2.40. The molecule has 1 fully saturated rings. The molecule has 0 aromatic carbocycles. The molecule has 0 radical (unpaired) electrons. The van der Waals surface area contributed by atoms with Crippen LogP contribution in [0, 0.1) is 11.3 Å². The number of rotatable bonds is 5. The van der Waals surface area contributed by atoms with Crippen molar-refractivity contribution in [3.8, 4) is 0 Å². The molecule has 0 spiro atoms. The van der Waals surface area contributed by atoms with E-state index in [9.17, 15) is 0 Å². The van der Waals surface area contributed by atoms with E-state index in [-0.39, 0.29) is 0 Å². The Hall–Kier alpha value is -0.640. The standard InChI is InChI=1S/C11H19N3S/c1-4-5-9-13-10(15-14-9)12-7-8-6-11(8,2)3/h8H,4-7H2,1-3H3,(H,12,13,14). The summed E-state index contributed by atoms with van der Waals surface area (Å²) < 4.78 is 4.31. The van der Waals surface area contributed by atoms with Gasteiger partial charge in [0.1, 0.15) is 5.82 Å². The van der Waals surface area contributed by atoms with E-state index < -0.39 is 0 Å². The molecule has 1 aromatic rings. The zero-order chi connectivity index (χ0) is 10.9. The Labute approximate surface area is 95.5 Å². The molecule has 1 aliphatic rings. The lowest BCUT2D eigenvalue weighted by Crippen LogP contribution is -2.06. The maximum atomic E-state index is 4.44. The van der Waals surface area contributed by atoms with Gasteiger partial charge in [0.25, 0.3) is 0 Å². The molecule has 1 heterocycles. The molecule has 1 aliphatic carbocycles. The first kappa shape index (κ1) is 10.9. The summed E-state index contributed by atoms with van der Waals surface area (Å²) in [6.07, 6.45) is 3.44. The molecule has 84 valence electrons. The molecule has 1 atom stereocenters. The summed E-state index contributed by atoms with van der Waals surface area (Å²) in [7, 11) is 0. The third-order valence-corrected chi connectivity index (χ3v) is 3.87. The maximum Gasteiger partial charge on any atom is 0.202 e. The van der Waals surface area contributed by atoms with Crippen LogP contribution in [-0.2, 0) is 6.42 Å². The highest BCUT2D eigenvalue weighted by atomic mass is 32.1. The van der Waals surface area contributed by atoms with Gasteiger partial charge in [-0.2, -0.15) is 4.37 Å². The van der Waals surface area contributed by atoms with E-state index in [1.807, 2.05) is 0 Å². The second kappa shape index (κ2) is 4.08. The number of aromatic nitrogens is 2. The van der Waals surface area contributed by atoms with Crippen LogP contribution in [0.2, 0.25) is 0 Å². The SMILES string of the molecule is CCCc1nsc(NCC2CC2(C)C)n1. The summed E-state index contributed by atoms with van der Waals surface area (Å²) in [5.41, 5.74) is 0.546. The fourth-order valence-electron chi connectivity index (χ4n) is 1.79. The van der Waals surface area contributed by atoms with Crippen molar-refractivity contribution in [2.45, 2.75) is 40.0 Å². The average molecular weight is 225 g/mol. The summed E-state index contributed by atoms with van der Waals surface area (Å²) in [5, 5.41) is 4.37. The first-order chi connectivity index (χ1) is 7.12. The van der Waals surface area contributed by atoms with E-state index in [1.54, 1.807) is 0 Å². The van der Waals surface area contributed by atoms with Crippen molar-refractivity contribution in [1.29, 1.82) is 0 Å². The van der Waals surface area contributed by atoms with Crippen LogP contribution in [0.15, 0.2) is 0 Å². The minimum Gasteiger partial charge on any atom is -0.360 e. The first-order valence-electron chi connectivity index (χ1n) is 5.68. The van der Waals surface area contributed by atoms with Gasteiger partial charge in [-0.25, -0.2) is 4.98 Å². The molecule has 0 aliphatic heterocycles. The lowest BCUT2D eigenvalue weighted by molar-refractivity contribution is 0.573. The van der Waals surface area contributed by atoms with Gasteiger partial charge in [0.15, 0.2) is 0 Å². The van der Waals surface area contributed by atoms with Crippen molar-refractivity contribution >= 4 is 16.7 Å². The molecule has 0 amide bonds. The van der Waals surface area contributed by atoms with E-state index in [1.165, 1.54) is 18.0 Å². The molecule has 3 nitrogen and oxygen atoms in total. The van der Waals surface area contributed by atoms with Gasteiger partial charge in [0, 0.05) is 24.5 Å². The summed E-state index contributed by atoms with van der Waals surface area (Å²) in [6, 6.07) is 0. The summed E-state index contributed by atoms with van der Waals surface area (Å²) in [5.74, 6) is 1.80. The Morgan fingerprint density at radius 1 is 1.53 bits per heavy atom. The van der Waals surface area contributed by atoms with Crippen LogP contribution >= 0.6 is 11.5 Å². The summed E-state index contributed by atoms with van der Waals surface area (Å²) in [4.78, 5) is 4.44. The second-order valence-corrected chi connectivity index (χ2v) is 5.79. The van der Waals surface area contributed by atoms with E-state index in [0.717, 1.165) is 36.3 Å². The topological polar surface area (TPSA) is 37.8 Å². The quantitative estimate of drug-likeness (QED) is 0.837. The van der Waals surface area contributed by atoms with Crippen molar-refractivity contribution in [2.75, 3.05) is 11.9 Å². The number of nitrogens with one attached hydrogen (secondary N) is 1. The highest BCUT2D eigenvalue weighted by Gasteiger charge is 2.45. The highest BCUT2D eigenvalue weighted by molar-refractivity contribution is 7.09. The van der Waals surface area contributed by atoms with Crippen LogP contribution in [0.3, 0.4) is 0 Å². The first-order valence-corrected chi connectivity index (χ1v) is 6.45. The van der Waals surface area contributed by atoms with Crippen molar-refractivity contribution in [2.24, 2.45) is 11.3 Å². The van der Waals surface area contributed by atoms with Gasteiger partial charge < -0.3 is 5.32 Å². The molecule has 1 N–H and O–H groups in total. The molecule has 1 aromatic heterocycles.